The van der Waals surface area contributed by atoms with Gasteiger partial charge in [-0.3, -0.25) is 10.1 Å². The smallest absolute Gasteiger partial charge is 0.269 e. The summed E-state index contributed by atoms with van der Waals surface area (Å²) in [7, 11) is 0. The van der Waals surface area contributed by atoms with Gasteiger partial charge in [-0.25, -0.2) is 9.37 Å². The van der Waals surface area contributed by atoms with Crippen LogP contribution in [0, 0.1) is 27.3 Å². The van der Waals surface area contributed by atoms with Gasteiger partial charge in [0.2, 0.25) is 0 Å². The Morgan fingerprint density at radius 2 is 1.93 bits per heavy atom. The molecule has 0 aliphatic carbocycles. The van der Waals surface area contributed by atoms with Crippen LogP contribution in [0.15, 0.2) is 70.5 Å². The zero-order valence-electron chi connectivity index (χ0n) is 15.3. The molecule has 0 radical (unpaired) electrons. The first-order chi connectivity index (χ1) is 14.5. The van der Waals surface area contributed by atoms with E-state index in [2.05, 4.69) is 11.1 Å². The van der Waals surface area contributed by atoms with E-state index in [4.69, 9.17) is 4.42 Å². The Kier molecular flexibility index (Phi) is 5.20. The minimum absolute atomic E-state index is 0.00436. The Bertz CT molecular complexity index is 1300. The molecule has 8 heteroatoms. The van der Waals surface area contributed by atoms with Gasteiger partial charge in [0.15, 0.2) is 0 Å². The zero-order chi connectivity index (χ0) is 21.1. The molecule has 0 unspecified atom stereocenters. The van der Waals surface area contributed by atoms with Crippen molar-refractivity contribution in [1.29, 1.82) is 5.26 Å². The highest BCUT2D eigenvalue weighted by Crippen LogP contribution is 2.30. The Balaban J connectivity index is 1.61. The van der Waals surface area contributed by atoms with Gasteiger partial charge in [-0.2, -0.15) is 5.26 Å². The van der Waals surface area contributed by atoms with E-state index < -0.39 is 10.7 Å². The number of nitrogens with zero attached hydrogens (tertiary/aromatic N) is 3. The van der Waals surface area contributed by atoms with E-state index in [-0.39, 0.29) is 5.69 Å². The number of hydrogen-bond donors (Lipinski definition) is 0. The van der Waals surface area contributed by atoms with Crippen LogP contribution in [-0.2, 0) is 0 Å². The van der Waals surface area contributed by atoms with E-state index in [1.807, 2.05) is 0 Å². The maximum absolute atomic E-state index is 13.9. The van der Waals surface area contributed by atoms with Crippen LogP contribution in [0.5, 0.6) is 0 Å². The van der Waals surface area contributed by atoms with Gasteiger partial charge in [-0.1, -0.05) is 12.1 Å². The van der Waals surface area contributed by atoms with Crippen LogP contribution in [0.2, 0.25) is 0 Å². The van der Waals surface area contributed by atoms with Crippen molar-refractivity contribution < 1.29 is 13.7 Å². The minimum Gasteiger partial charge on any atom is -0.457 e. The first-order valence-electron chi connectivity index (χ1n) is 8.72. The van der Waals surface area contributed by atoms with Gasteiger partial charge in [0, 0.05) is 29.2 Å². The quantitative estimate of drug-likeness (QED) is 0.219. The summed E-state index contributed by atoms with van der Waals surface area (Å²) in [4.78, 5) is 14.8. The van der Waals surface area contributed by atoms with Crippen LogP contribution in [0.25, 0.3) is 34.2 Å². The molecule has 0 aliphatic rings. The molecule has 2 aromatic carbocycles. The number of rotatable bonds is 5. The lowest BCUT2D eigenvalue weighted by Crippen LogP contribution is -1.87. The summed E-state index contributed by atoms with van der Waals surface area (Å²) in [5, 5.41) is 22.6. The number of nitro benzene ring substituents is 1. The molecular weight excluding hydrogens is 405 g/mol. The fourth-order valence-corrected chi connectivity index (χ4v) is 3.60. The number of benzene rings is 2. The van der Waals surface area contributed by atoms with Crippen LogP contribution in [0.3, 0.4) is 0 Å². The number of allylic oxidation sites excluding steroid dienone is 1. The van der Waals surface area contributed by atoms with Gasteiger partial charge in [0.25, 0.3) is 5.69 Å². The Morgan fingerprint density at radius 3 is 2.63 bits per heavy atom. The Morgan fingerprint density at radius 1 is 1.17 bits per heavy atom. The average molecular weight is 417 g/mol. The minimum atomic E-state index is -0.467. The molecule has 30 heavy (non-hydrogen) atoms. The van der Waals surface area contributed by atoms with Crippen molar-refractivity contribution in [2.75, 3.05) is 0 Å². The molecule has 0 bridgehead atoms. The second-order valence-electron chi connectivity index (χ2n) is 6.19. The van der Waals surface area contributed by atoms with E-state index in [1.54, 1.807) is 53.9 Å². The first kappa shape index (κ1) is 19.2. The average Bonchev–Trinajstić information content (AvgIpc) is 3.42. The molecular formula is C22H12FN3O3S. The lowest BCUT2D eigenvalue weighted by atomic mass is 10.1. The number of aromatic nitrogens is 1. The molecule has 4 rings (SSSR count). The normalized spacial score (nSPS) is 11.3. The fraction of sp³-hybridized carbons (Fsp3) is 0. The molecule has 0 fully saturated rings. The second kappa shape index (κ2) is 8.11. The molecule has 0 atom stereocenters. The van der Waals surface area contributed by atoms with Crippen molar-refractivity contribution in [3.63, 3.8) is 0 Å². The molecule has 0 spiro atoms. The number of nitriles is 1. The number of thiazole rings is 1. The van der Waals surface area contributed by atoms with Gasteiger partial charge in [0.1, 0.15) is 28.4 Å². The van der Waals surface area contributed by atoms with Gasteiger partial charge in [-0.15, -0.1) is 11.3 Å². The predicted octanol–water partition coefficient (Wildman–Crippen LogP) is 6.18. The first-order valence-corrected chi connectivity index (χ1v) is 9.60. The number of hydrogen-bond acceptors (Lipinski definition) is 6. The predicted molar refractivity (Wildman–Crippen MR) is 112 cm³/mol. The molecule has 6 nitrogen and oxygen atoms in total. The van der Waals surface area contributed by atoms with E-state index in [0.29, 0.717) is 38.9 Å². The van der Waals surface area contributed by atoms with E-state index >= 15 is 0 Å². The van der Waals surface area contributed by atoms with Crippen molar-refractivity contribution in [1.82, 2.24) is 4.98 Å². The standard InChI is InChI=1S/C22H12FN3O3S/c23-19-4-2-1-3-18(19)21-10-9-17(29-21)11-15(12-24)22-25-20(13-30-22)14-5-7-16(8-6-14)26(27)28/h1-11,13H/b15-11+. The topological polar surface area (TPSA) is 93.0 Å². The summed E-state index contributed by atoms with van der Waals surface area (Å²) in [5.74, 6) is 0.370. The van der Waals surface area contributed by atoms with Crippen molar-refractivity contribution >= 4 is 28.7 Å². The summed E-state index contributed by atoms with van der Waals surface area (Å²) in [6, 6.07) is 17.7. The third-order valence-corrected chi connectivity index (χ3v) is 5.16. The molecule has 2 heterocycles. The maximum atomic E-state index is 13.9. The molecule has 2 aromatic heterocycles. The molecule has 0 saturated heterocycles. The summed E-state index contributed by atoms with van der Waals surface area (Å²) in [6.07, 6.45) is 1.54. The largest absolute Gasteiger partial charge is 0.457 e. The fourth-order valence-electron chi connectivity index (χ4n) is 2.80. The molecule has 0 amide bonds. The highest BCUT2D eigenvalue weighted by Gasteiger charge is 2.13. The SMILES string of the molecule is N#C/C(=C\c1ccc(-c2ccccc2F)o1)c1nc(-c2ccc([N+](=O)[O-])cc2)cs1. The molecule has 0 N–H and O–H groups in total. The molecule has 0 aliphatic heterocycles. The van der Waals surface area contributed by atoms with Crippen molar-refractivity contribution in [2.24, 2.45) is 0 Å². The van der Waals surface area contributed by atoms with Gasteiger partial charge in [0.05, 0.1) is 21.8 Å². The maximum Gasteiger partial charge on any atom is 0.269 e. The highest BCUT2D eigenvalue weighted by atomic mass is 32.1. The lowest BCUT2D eigenvalue weighted by molar-refractivity contribution is -0.384. The van der Waals surface area contributed by atoms with E-state index in [0.717, 1.165) is 0 Å². The third kappa shape index (κ3) is 3.87. The molecule has 4 aromatic rings. The summed E-state index contributed by atoms with van der Waals surface area (Å²) < 4.78 is 19.6. The Labute approximate surface area is 174 Å². The van der Waals surface area contributed by atoms with Crippen molar-refractivity contribution in [3.8, 4) is 28.7 Å². The monoisotopic (exact) mass is 417 g/mol. The summed E-state index contributed by atoms with van der Waals surface area (Å²) in [6.45, 7) is 0. The van der Waals surface area contributed by atoms with Crippen LogP contribution < -0.4 is 0 Å². The van der Waals surface area contributed by atoms with E-state index in [1.165, 1.54) is 29.5 Å². The van der Waals surface area contributed by atoms with Crippen LogP contribution in [0.1, 0.15) is 10.8 Å². The van der Waals surface area contributed by atoms with Crippen LogP contribution >= 0.6 is 11.3 Å². The summed E-state index contributed by atoms with van der Waals surface area (Å²) >= 11 is 1.28. The third-order valence-electron chi connectivity index (χ3n) is 4.28. The van der Waals surface area contributed by atoms with Crippen LogP contribution in [0.4, 0.5) is 10.1 Å². The van der Waals surface area contributed by atoms with Crippen molar-refractivity contribution in [3.05, 3.63) is 92.7 Å². The van der Waals surface area contributed by atoms with Crippen molar-refractivity contribution in [2.45, 2.75) is 0 Å². The second-order valence-corrected chi connectivity index (χ2v) is 7.05. The number of nitro groups is 1. The number of halogens is 1. The highest BCUT2D eigenvalue weighted by molar-refractivity contribution is 7.11. The number of non-ortho nitro benzene ring substituents is 1. The molecule has 146 valence electrons. The number of furan rings is 1. The zero-order valence-corrected chi connectivity index (χ0v) is 16.1. The Hall–Kier alpha value is -4.09. The molecule has 0 saturated carbocycles. The van der Waals surface area contributed by atoms with Gasteiger partial charge >= 0.3 is 0 Å². The van der Waals surface area contributed by atoms with E-state index in [9.17, 15) is 19.8 Å². The summed E-state index contributed by atoms with van der Waals surface area (Å²) in [5.41, 5.74) is 1.95. The van der Waals surface area contributed by atoms with Gasteiger partial charge in [-0.05, 0) is 36.4 Å². The lowest BCUT2D eigenvalue weighted by Gasteiger charge is -1.98. The van der Waals surface area contributed by atoms with Gasteiger partial charge < -0.3 is 4.42 Å². The van der Waals surface area contributed by atoms with Crippen LogP contribution in [-0.4, -0.2) is 9.91 Å².